The van der Waals surface area contributed by atoms with Gasteiger partial charge in [-0.05, 0) is 78.8 Å². The Morgan fingerprint density at radius 2 is 0.930 bits per heavy atom. The number of nitrogens with one attached hydrogen (secondary N) is 2. The van der Waals surface area contributed by atoms with Crippen LogP contribution in [-0.4, -0.2) is 63.4 Å². The molecule has 0 aliphatic carbocycles. The molecule has 0 saturated carbocycles. The van der Waals surface area contributed by atoms with Gasteiger partial charge in [-0.1, -0.05) is 293 Å². The van der Waals surface area contributed by atoms with Crippen LogP contribution >= 0.6 is 7.82 Å². The molecule has 13 nitrogen and oxygen atoms in total. The molecule has 0 radical (unpaired) electrons. The van der Waals surface area contributed by atoms with E-state index in [2.05, 4.69) is 69.2 Å². The predicted molar refractivity (Wildman–Crippen MR) is 354 cm³/mol. The lowest BCUT2D eigenvalue weighted by molar-refractivity contribution is -0.228. The van der Waals surface area contributed by atoms with Crippen molar-refractivity contribution in [3.8, 4) is 5.75 Å². The molecule has 0 fully saturated rings. The number of rotatable bonds is 54. The van der Waals surface area contributed by atoms with E-state index in [0.29, 0.717) is 31.6 Å². The van der Waals surface area contributed by atoms with Gasteiger partial charge in [0.25, 0.3) is 7.82 Å². The topological polar surface area (TPSA) is 188 Å². The largest absolute Gasteiger partial charge is 0.756 e. The maximum atomic E-state index is 13.0. The van der Waals surface area contributed by atoms with E-state index >= 15 is 0 Å². The average molecular weight is 1220 g/mol. The van der Waals surface area contributed by atoms with E-state index in [-0.39, 0.29) is 50.9 Å². The van der Waals surface area contributed by atoms with Gasteiger partial charge in [0, 0.05) is 19.4 Å². The van der Waals surface area contributed by atoms with Crippen molar-refractivity contribution in [3.05, 3.63) is 114 Å². The number of nitrogens with two attached hydrogens (primary N) is 1. The van der Waals surface area contributed by atoms with Crippen molar-refractivity contribution < 1.29 is 47.1 Å². The quantitative estimate of drug-likeness (QED) is 0.0160. The standard InChI is InChI=1S/C68H108N3O10P.C4H10/c1-4-6-8-10-12-14-16-18-20-22-24-26-28-30-38-46-66(73)77-56-63(81-67(74)47-39-31-29-27-25-23-21-19-17-15-13-11-9-7-5-2)57-79-82(75,76)78-54-53-71-65(72)55-70-52-40-45-64(59-41-34-32-35-42-59)68(60-43-36-33-37-44-60)61-48-50-62(51-49-61)80-58(3)69;1-3-4-2/h32-37,41-44,48-51,63,70H,3-31,38-40,45-47,52-57,69H2,1-2H3,(H,71,72)(H,75,76);3-4H2,1-2H3/p-1/b68-64-;/t63-;/m1./s1. The summed E-state index contributed by atoms with van der Waals surface area (Å²) < 4.78 is 39.7. The summed E-state index contributed by atoms with van der Waals surface area (Å²) in [7, 11) is -4.89. The number of phosphoric acid groups is 1. The molecule has 3 aromatic rings. The van der Waals surface area contributed by atoms with Crippen molar-refractivity contribution in [2.24, 2.45) is 5.73 Å². The van der Waals surface area contributed by atoms with Crippen LogP contribution in [0, 0.1) is 0 Å². The molecule has 2 atom stereocenters. The van der Waals surface area contributed by atoms with Gasteiger partial charge in [0.2, 0.25) is 5.91 Å². The zero-order valence-corrected chi connectivity index (χ0v) is 55.1. The summed E-state index contributed by atoms with van der Waals surface area (Å²) in [5, 5.41) is 5.89. The number of allylic oxidation sites excluding steroid dienone is 1. The monoisotopic (exact) mass is 1210 g/mol. The van der Waals surface area contributed by atoms with Gasteiger partial charge in [-0.15, -0.1) is 0 Å². The van der Waals surface area contributed by atoms with Crippen LogP contribution in [-0.2, 0) is 37.5 Å². The van der Waals surface area contributed by atoms with E-state index in [0.717, 1.165) is 72.8 Å². The zero-order valence-electron chi connectivity index (χ0n) is 54.2. The molecule has 3 rings (SSSR count). The Labute approximate surface area is 522 Å². The van der Waals surface area contributed by atoms with Crippen LogP contribution < -0.4 is 26.0 Å². The van der Waals surface area contributed by atoms with Crippen LogP contribution in [0.2, 0.25) is 0 Å². The van der Waals surface area contributed by atoms with E-state index in [1.54, 1.807) is 0 Å². The number of unbranched alkanes of at least 4 members (excludes halogenated alkanes) is 29. The molecule has 0 saturated heterocycles. The fourth-order valence-electron chi connectivity index (χ4n) is 10.1. The summed E-state index contributed by atoms with van der Waals surface area (Å²) in [4.78, 5) is 51.4. The SMILES string of the molecule is C=C(N)Oc1ccc(/C(=C(/CCCNCC(=O)NCCOP(=O)([O-])OC[C@@H](COC(=O)CCCCCCCCCCCCCCCCC)OC(=O)CCCCCCCCCCCCCCCCC)c2ccccc2)c2ccccc2)cc1.CCCC. The van der Waals surface area contributed by atoms with Crippen molar-refractivity contribution in [1.82, 2.24) is 10.6 Å². The Hall–Kier alpha value is -4.78. The van der Waals surface area contributed by atoms with Gasteiger partial charge in [0.1, 0.15) is 12.4 Å². The van der Waals surface area contributed by atoms with E-state index in [1.807, 2.05) is 60.7 Å². The van der Waals surface area contributed by atoms with Crippen LogP contribution in [0.15, 0.2) is 97.4 Å². The maximum Gasteiger partial charge on any atom is 0.306 e. The normalized spacial score (nSPS) is 12.5. The van der Waals surface area contributed by atoms with Crippen LogP contribution in [0.5, 0.6) is 5.75 Å². The van der Waals surface area contributed by atoms with Crippen molar-refractivity contribution in [2.45, 2.75) is 265 Å². The van der Waals surface area contributed by atoms with Gasteiger partial charge in [-0.3, -0.25) is 18.9 Å². The maximum absolute atomic E-state index is 13.0. The van der Waals surface area contributed by atoms with E-state index < -0.39 is 32.5 Å². The minimum Gasteiger partial charge on any atom is -0.756 e. The Morgan fingerprint density at radius 3 is 1.38 bits per heavy atom. The lowest BCUT2D eigenvalue weighted by Gasteiger charge is -2.25. The number of benzene rings is 3. The van der Waals surface area contributed by atoms with Gasteiger partial charge in [-0.2, -0.15) is 0 Å². The molecule has 86 heavy (non-hydrogen) atoms. The molecule has 0 aromatic heterocycles. The first-order chi connectivity index (χ1) is 41.9. The second kappa shape index (κ2) is 53.3. The molecule has 3 aromatic carbocycles. The molecule has 4 N–H and O–H groups in total. The number of amides is 1. The summed E-state index contributed by atoms with van der Waals surface area (Å²) in [5.74, 6) is -0.557. The van der Waals surface area contributed by atoms with Crippen molar-refractivity contribution >= 4 is 36.8 Å². The number of carbonyl (C=O) groups excluding carboxylic acids is 3. The van der Waals surface area contributed by atoms with Gasteiger partial charge >= 0.3 is 11.9 Å². The Morgan fingerprint density at radius 1 is 0.500 bits per heavy atom. The molecule has 0 bridgehead atoms. The zero-order chi connectivity index (χ0) is 62.4. The Bertz CT molecular complexity index is 2230. The van der Waals surface area contributed by atoms with Crippen LogP contribution in [0.25, 0.3) is 11.1 Å². The first-order valence-corrected chi connectivity index (χ1v) is 35.4. The highest BCUT2D eigenvalue weighted by Crippen LogP contribution is 2.38. The van der Waals surface area contributed by atoms with Crippen LogP contribution in [0.3, 0.4) is 0 Å². The molecule has 1 unspecified atom stereocenters. The second-order valence-electron chi connectivity index (χ2n) is 23.1. The smallest absolute Gasteiger partial charge is 0.306 e. The lowest BCUT2D eigenvalue weighted by Crippen LogP contribution is -2.36. The molecule has 0 aliphatic rings. The number of phosphoric ester groups is 1. The van der Waals surface area contributed by atoms with Gasteiger partial charge in [0.15, 0.2) is 12.0 Å². The molecule has 0 heterocycles. The Kier molecular flexibility index (Phi) is 47.9. The number of esters is 2. The summed E-state index contributed by atoms with van der Waals surface area (Å²) in [6.07, 6.45) is 39.8. The first kappa shape index (κ1) is 77.3. The molecular formula is C72H117N3O10P-. The van der Waals surface area contributed by atoms with Gasteiger partial charge in [-0.25, -0.2) is 0 Å². The highest BCUT2D eigenvalue weighted by molar-refractivity contribution is 7.45. The summed E-state index contributed by atoms with van der Waals surface area (Å²) in [6.45, 7) is 11.7. The fourth-order valence-corrected chi connectivity index (χ4v) is 10.9. The summed E-state index contributed by atoms with van der Waals surface area (Å²) >= 11 is 0. The summed E-state index contributed by atoms with van der Waals surface area (Å²) in [6, 6.07) is 28.2. The predicted octanol–water partition coefficient (Wildman–Crippen LogP) is 18.2. The van der Waals surface area contributed by atoms with E-state index in [9.17, 15) is 23.8 Å². The molecule has 0 spiro atoms. The number of hydrogen-bond donors (Lipinski definition) is 3. The number of hydrogen-bond acceptors (Lipinski definition) is 12. The van der Waals surface area contributed by atoms with Crippen molar-refractivity contribution in [2.75, 3.05) is 39.5 Å². The first-order valence-electron chi connectivity index (χ1n) is 33.9. The molecule has 1 amide bonds. The highest BCUT2D eigenvalue weighted by atomic mass is 31.2. The average Bonchev–Trinajstić information content (AvgIpc) is 3.40. The molecule has 486 valence electrons. The van der Waals surface area contributed by atoms with Crippen molar-refractivity contribution in [1.29, 1.82) is 0 Å². The summed E-state index contributed by atoms with van der Waals surface area (Å²) in [5.41, 5.74) is 11.1. The van der Waals surface area contributed by atoms with Crippen LogP contribution in [0.1, 0.15) is 276 Å². The highest BCUT2D eigenvalue weighted by Gasteiger charge is 2.22. The fraction of sp³-hybridized carbons (Fsp3) is 0.653. The third-order valence-electron chi connectivity index (χ3n) is 15.2. The van der Waals surface area contributed by atoms with Crippen LogP contribution in [0.4, 0.5) is 0 Å². The second-order valence-corrected chi connectivity index (χ2v) is 24.5. The third kappa shape index (κ3) is 42.2. The number of carbonyl (C=O) groups is 3. The number of ether oxygens (including phenoxy) is 3. The van der Waals surface area contributed by atoms with Gasteiger partial charge < -0.3 is 44.5 Å². The third-order valence-corrected chi connectivity index (χ3v) is 16.2. The minimum atomic E-state index is -4.89. The Balaban J connectivity index is 0.00000610. The van der Waals surface area contributed by atoms with E-state index in [1.165, 1.54) is 154 Å². The molecular weight excluding hydrogens is 1100 g/mol. The van der Waals surface area contributed by atoms with Gasteiger partial charge in [0.05, 0.1) is 19.8 Å². The molecule has 0 aliphatic heterocycles. The van der Waals surface area contributed by atoms with E-state index in [4.69, 9.17) is 29.0 Å². The minimum absolute atomic E-state index is 0.0139. The molecule has 14 heteroatoms. The van der Waals surface area contributed by atoms with Crippen molar-refractivity contribution in [3.63, 3.8) is 0 Å². The lowest BCUT2D eigenvalue weighted by atomic mass is 9.87.